The van der Waals surface area contributed by atoms with Crippen LogP contribution < -0.4 is 10.6 Å². The zero-order valence-electron chi connectivity index (χ0n) is 15.2. The predicted molar refractivity (Wildman–Crippen MR) is 100 cm³/mol. The molecule has 2 atom stereocenters. The number of carbonyl (C=O) groups is 1. The van der Waals surface area contributed by atoms with Crippen LogP contribution in [0, 0.1) is 5.92 Å². The minimum Gasteiger partial charge on any atom is -0.381 e. The SMILES string of the molecule is C[C@@H](NC1(CNC(=O)C[C@@H]2C=CCC2)CCOCC1)c1ccccc1. The third-order valence-electron chi connectivity index (χ3n) is 5.46. The van der Waals surface area contributed by atoms with E-state index in [1.165, 1.54) is 5.56 Å². The van der Waals surface area contributed by atoms with Crippen LogP contribution in [0.3, 0.4) is 0 Å². The zero-order chi connectivity index (χ0) is 17.5. The summed E-state index contributed by atoms with van der Waals surface area (Å²) in [4.78, 5) is 12.3. The van der Waals surface area contributed by atoms with Crippen LogP contribution in [-0.4, -0.2) is 31.2 Å². The Hall–Kier alpha value is -1.65. The smallest absolute Gasteiger partial charge is 0.220 e. The lowest BCUT2D eigenvalue weighted by molar-refractivity contribution is -0.122. The van der Waals surface area contributed by atoms with E-state index in [1.807, 2.05) is 6.07 Å². The average Bonchev–Trinajstić information content (AvgIpc) is 3.15. The van der Waals surface area contributed by atoms with Gasteiger partial charge in [-0.2, -0.15) is 0 Å². The first kappa shape index (κ1) is 18.2. The number of carbonyl (C=O) groups excluding carboxylic acids is 1. The van der Waals surface area contributed by atoms with E-state index in [9.17, 15) is 4.79 Å². The van der Waals surface area contributed by atoms with Gasteiger partial charge in [0.1, 0.15) is 0 Å². The molecule has 0 radical (unpaired) electrons. The fraction of sp³-hybridized carbons (Fsp3) is 0.571. The predicted octanol–water partition coefficient (Wildman–Crippen LogP) is 3.36. The summed E-state index contributed by atoms with van der Waals surface area (Å²) in [5.74, 6) is 0.582. The summed E-state index contributed by atoms with van der Waals surface area (Å²) in [6, 6.07) is 10.7. The first-order valence-electron chi connectivity index (χ1n) is 9.51. The minimum absolute atomic E-state index is 0.0886. The summed E-state index contributed by atoms with van der Waals surface area (Å²) in [5, 5.41) is 6.97. The van der Waals surface area contributed by atoms with Gasteiger partial charge in [-0.05, 0) is 44.1 Å². The lowest BCUT2D eigenvalue weighted by Crippen LogP contribution is -2.57. The second-order valence-corrected chi connectivity index (χ2v) is 7.42. The molecule has 0 unspecified atom stereocenters. The van der Waals surface area contributed by atoms with Crippen LogP contribution in [0.25, 0.3) is 0 Å². The quantitative estimate of drug-likeness (QED) is 0.747. The van der Waals surface area contributed by atoms with Gasteiger partial charge < -0.3 is 15.4 Å². The van der Waals surface area contributed by atoms with Gasteiger partial charge in [0.05, 0.1) is 0 Å². The normalized spacial score (nSPS) is 23.3. The van der Waals surface area contributed by atoms with Gasteiger partial charge in [-0.15, -0.1) is 0 Å². The van der Waals surface area contributed by atoms with Gasteiger partial charge in [0.2, 0.25) is 5.91 Å². The van der Waals surface area contributed by atoms with E-state index in [0.717, 1.165) is 38.9 Å². The molecule has 1 aromatic rings. The van der Waals surface area contributed by atoms with E-state index in [1.54, 1.807) is 0 Å². The van der Waals surface area contributed by atoms with Crippen LogP contribution in [0.5, 0.6) is 0 Å². The molecule has 1 aromatic carbocycles. The van der Waals surface area contributed by atoms with Gasteiger partial charge >= 0.3 is 0 Å². The molecular weight excluding hydrogens is 312 g/mol. The number of amides is 1. The van der Waals surface area contributed by atoms with E-state index in [2.05, 4.69) is 54.0 Å². The van der Waals surface area contributed by atoms with E-state index in [-0.39, 0.29) is 17.5 Å². The third kappa shape index (κ3) is 5.16. The summed E-state index contributed by atoms with van der Waals surface area (Å²) in [6.45, 7) is 4.35. The standard InChI is InChI=1S/C21H30N2O2/c1-17(19-9-3-2-4-10-19)23-21(11-13-25-14-12-21)16-22-20(24)15-18-7-5-6-8-18/h2-5,7,9-10,17-18,23H,6,8,11-16H2,1H3,(H,22,24)/t17-,18-/m1/s1. The molecule has 3 rings (SSSR count). The van der Waals surface area contributed by atoms with Crippen LogP contribution in [0.4, 0.5) is 0 Å². The van der Waals surface area contributed by atoms with Gasteiger partial charge in [0, 0.05) is 37.8 Å². The summed E-state index contributed by atoms with van der Waals surface area (Å²) < 4.78 is 5.56. The van der Waals surface area contributed by atoms with Crippen LogP contribution >= 0.6 is 0 Å². The largest absolute Gasteiger partial charge is 0.381 e. The minimum atomic E-state index is -0.0886. The zero-order valence-corrected chi connectivity index (χ0v) is 15.2. The second-order valence-electron chi connectivity index (χ2n) is 7.42. The number of hydrogen-bond acceptors (Lipinski definition) is 3. The van der Waals surface area contributed by atoms with E-state index >= 15 is 0 Å². The summed E-state index contributed by atoms with van der Waals surface area (Å²) in [6.07, 6.45) is 9.03. The van der Waals surface area contributed by atoms with Gasteiger partial charge in [-0.1, -0.05) is 42.5 Å². The molecule has 136 valence electrons. The highest BCUT2D eigenvalue weighted by Gasteiger charge is 2.34. The van der Waals surface area contributed by atoms with Crippen molar-refractivity contribution in [1.29, 1.82) is 0 Å². The number of rotatable bonds is 7. The van der Waals surface area contributed by atoms with Crippen LogP contribution in [0.1, 0.15) is 50.6 Å². The highest BCUT2D eigenvalue weighted by molar-refractivity contribution is 5.76. The number of hydrogen-bond donors (Lipinski definition) is 2. The Bertz CT molecular complexity index is 579. The lowest BCUT2D eigenvalue weighted by atomic mass is 9.88. The fourth-order valence-corrected chi connectivity index (χ4v) is 3.86. The summed E-state index contributed by atoms with van der Waals surface area (Å²) >= 11 is 0. The average molecular weight is 342 g/mol. The molecule has 1 saturated heterocycles. The number of allylic oxidation sites excluding steroid dienone is 2. The Morgan fingerprint density at radius 3 is 2.72 bits per heavy atom. The Balaban J connectivity index is 1.58. The highest BCUT2D eigenvalue weighted by atomic mass is 16.5. The monoisotopic (exact) mass is 342 g/mol. The van der Waals surface area contributed by atoms with E-state index < -0.39 is 0 Å². The van der Waals surface area contributed by atoms with E-state index in [4.69, 9.17) is 4.74 Å². The van der Waals surface area contributed by atoms with Crippen LogP contribution in [-0.2, 0) is 9.53 Å². The number of ether oxygens (including phenoxy) is 1. The topological polar surface area (TPSA) is 50.4 Å². The molecule has 0 bridgehead atoms. The maximum absolute atomic E-state index is 12.3. The number of benzene rings is 1. The Kier molecular flexibility index (Phi) is 6.27. The van der Waals surface area contributed by atoms with Crippen molar-refractivity contribution in [3.8, 4) is 0 Å². The molecule has 2 aliphatic rings. The van der Waals surface area contributed by atoms with Gasteiger partial charge in [-0.25, -0.2) is 0 Å². The van der Waals surface area contributed by atoms with Crippen molar-refractivity contribution in [2.45, 2.75) is 50.6 Å². The number of nitrogens with one attached hydrogen (secondary N) is 2. The summed E-state index contributed by atoms with van der Waals surface area (Å²) in [5.41, 5.74) is 1.19. The van der Waals surface area contributed by atoms with Crippen molar-refractivity contribution in [3.05, 3.63) is 48.0 Å². The van der Waals surface area contributed by atoms with Gasteiger partial charge in [0.15, 0.2) is 0 Å². The highest BCUT2D eigenvalue weighted by Crippen LogP contribution is 2.25. The van der Waals surface area contributed by atoms with Crippen molar-refractivity contribution in [2.24, 2.45) is 5.92 Å². The maximum atomic E-state index is 12.3. The Morgan fingerprint density at radius 1 is 1.28 bits per heavy atom. The molecule has 0 aromatic heterocycles. The molecule has 1 amide bonds. The Morgan fingerprint density at radius 2 is 2.04 bits per heavy atom. The molecule has 1 aliphatic heterocycles. The van der Waals surface area contributed by atoms with Crippen molar-refractivity contribution in [2.75, 3.05) is 19.8 Å². The fourth-order valence-electron chi connectivity index (χ4n) is 3.86. The summed E-state index contributed by atoms with van der Waals surface area (Å²) in [7, 11) is 0. The van der Waals surface area contributed by atoms with Crippen LogP contribution in [0.15, 0.2) is 42.5 Å². The molecule has 25 heavy (non-hydrogen) atoms. The molecule has 2 N–H and O–H groups in total. The van der Waals surface area contributed by atoms with E-state index in [0.29, 0.717) is 18.9 Å². The van der Waals surface area contributed by atoms with Crippen molar-refractivity contribution in [3.63, 3.8) is 0 Å². The molecule has 0 spiro atoms. The first-order chi connectivity index (χ1) is 12.2. The lowest BCUT2D eigenvalue weighted by Gasteiger charge is -2.40. The Labute approximate surface area is 151 Å². The molecule has 1 aliphatic carbocycles. The second kappa shape index (κ2) is 8.63. The molecular formula is C21H30N2O2. The molecule has 1 fully saturated rings. The third-order valence-corrected chi connectivity index (χ3v) is 5.46. The van der Waals surface area contributed by atoms with Crippen molar-refractivity contribution < 1.29 is 9.53 Å². The van der Waals surface area contributed by atoms with Crippen molar-refractivity contribution >= 4 is 5.91 Å². The molecule has 1 heterocycles. The first-order valence-corrected chi connectivity index (χ1v) is 9.51. The molecule has 4 nitrogen and oxygen atoms in total. The van der Waals surface area contributed by atoms with Gasteiger partial charge in [-0.3, -0.25) is 4.79 Å². The molecule has 0 saturated carbocycles. The van der Waals surface area contributed by atoms with Crippen LogP contribution in [0.2, 0.25) is 0 Å². The van der Waals surface area contributed by atoms with Crippen molar-refractivity contribution in [1.82, 2.24) is 10.6 Å². The molecule has 4 heteroatoms. The maximum Gasteiger partial charge on any atom is 0.220 e. The van der Waals surface area contributed by atoms with Gasteiger partial charge in [0.25, 0.3) is 0 Å².